The van der Waals surface area contributed by atoms with Crippen molar-refractivity contribution >= 4 is 11.8 Å². The second-order valence-electron chi connectivity index (χ2n) is 4.92. The van der Waals surface area contributed by atoms with Crippen LogP contribution < -0.4 is 10.5 Å². The van der Waals surface area contributed by atoms with Gasteiger partial charge in [-0.15, -0.1) is 0 Å². The first-order valence-electron chi connectivity index (χ1n) is 7.15. The first kappa shape index (κ1) is 14.6. The van der Waals surface area contributed by atoms with Gasteiger partial charge in [0.25, 0.3) is 5.56 Å². The molecular formula is C14H21N3O3. The molecule has 0 bridgehead atoms. The molecule has 6 nitrogen and oxygen atoms in total. The van der Waals surface area contributed by atoms with E-state index in [9.17, 15) is 9.59 Å². The highest BCUT2D eigenvalue weighted by atomic mass is 16.5. The normalized spacial score (nSPS) is 16.2. The highest BCUT2D eigenvalue weighted by Gasteiger charge is 2.26. The molecule has 6 heteroatoms. The van der Waals surface area contributed by atoms with E-state index in [1.54, 1.807) is 0 Å². The third-order valence-corrected chi connectivity index (χ3v) is 3.55. The molecule has 1 aliphatic heterocycles. The number of nitrogens with one attached hydrogen (secondary N) is 1. The molecule has 2 heterocycles. The Hall–Kier alpha value is -1.85. The molecule has 110 valence electrons. The molecule has 1 aromatic rings. The summed E-state index contributed by atoms with van der Waals surface area (Å²) < 4.78 is 5.05. The molecule has 0 saturated carbocycles. The van der Waals surface area contributed by atoms with Crippen LogP contribution in [0.25, 0.3) is 0 Å². The third kappa shape index (κ3) is 3.37. The number of nitrogens with zero attached hydrogens (tertiary/aromatic N) is 2. The summed E-state index contributed by atoms with van der Waals surface area (Å²) in [6.45, 7) is 5.65. The van der Waals surface area contributed by atoms with E-state index in [1.165, 1.54) is 6.07 Å². The predicted octanol–water partition coefficient (Wildman–Crippen LogP) is 1.11. The number of ether oxygens (including phenoxy) is 1. The van der Waals surface area contributed by atoms with Gasteiger partial charge in [-0.05, 0) is 19.8 Å². The summed E-state index contributed by atoms with van der Waals surface area (Å²) in [5, 5.41) is 0. The quantitative estimate of drug-likeness (QED) is 0.836. The van der Waals surface area contributed by atoms with Gasteiger partial charge in [0.2, 0.25) is 0 Å². The van der Waals surface area contributed by atoms with E-state index in [2.05, 4.69) is 14.9 Å². The lowest BCUT2D eigenvalue weighted by Gasteiger charge is -2.31. The average molecular weight is 279 g/mol. The number of hydrogen-bond donors (Lipinski definition) is 1. The lowest BCUT2D eigenvalue weighted by atomic mass is 9.97. The number of hydrogen-bond acceptors (Lipinski definition) is 5. The molecule has 1 N–H and O–H groups in total. The van der Waals surface area contributed by atoms with Crippen LogP contribution in [0.1, 0.15) is 32.5 Å². The van der Waals surface area contributed by atoms with Gasteiger partial charge in [0.1, 0.15) is 11.6 Å². The van der Waals surface area contributed by atoms with Gasteiger partial charge in [0.15, 0.2) is 0 Å². The highest BCUT2D eigenvalue weighted by Crippen LogP contribution is 2.22. The molecule has 0 unspecified atom stereocenters. The Morgan fingerprint density at radius 3 is 2.75 bits per heavy atom. The molecule has 0 atom stereocenters. The van der Waals surface area contributed by atoms with Crippen LogP contribution in [-0.2, 0) is 16.0 Å². The maximum absolute atomic E-state index is 11.7. The van der Waals surface area contributed by atoms with Crippen LogP contribution in [0.3, 0.4) is 0 Å². The van der Waals surface area contributed by atoms with Crippen molar-refractivity contribution in [3.63, 3.8) is 0 Å². The standard InChI is InChI=1S/C14H21N3O3/c1-3-11-15-12(9-13(18)16-11)17-7-5-10(6-8-17)14(19)20-4-2/h9-10H,3-8H2,1-2H3,(H,15,16,18). The molecular weight excluding hydrogens is 258 g/mol. The third-order valence-electron chi connectivity index (χ3n) is 3.55. The predicted molar refractivity (Wildman–Crippen MR) is 75.8 cm³/mol. The number of aromatic amines is 1. The number of carbonyl (C=O) groups excluding carboxylic acids is 1. The Bertz CT molecular complexity index is 519. The first-order chi connectivity index (χ1) is 9.63. The van der Waals surface area contributed by atoms with Crippen LogP contribution in [0.15, 0.2) is 10.9 Å². The molecule has 20 heavy (non-hydrogen) atoms. The smallest absolute Gasteiger partial charge is 0.309 e. The average Bonchev–Trinajstić information content (AvgIpc) is 2.47. The van der Waals surface area contributed by atoms with Crippen LogP contribution in [0, 0.1) is 5.92 Å². The summed E-state index contributed by atoms with van der Waals surface area (Å²) in [6, 6.07) is 1.52. The summed E-state index contributed by atoms with van der Waals surface area (Å²) >= 11 is 0. The number of aromatic nitrogens is 2. The number of aryl methyl sites for hydroxylation is 1. The second-order valence-corrected chi connectivity index (χ2v) is 4.92. The van der Waals surface area contributed by atoms with E-state index in [4.69, 9.17) is 4.74 Å². The van der Waals surface area contributed by atoms with Gasteiger partial charge in [-0.1, -0.05) is 6.92 Å². The van der Waals surface area contributed by atoms with Crippen molar-refractivity contribution < 1.29 is 9.53 Å². The van der Waals surface area contributed by atoms with Crippen molar-refractivity contribution in [1.82, 2.24) is 9.97 Å². The Balaban J connectivity index is 2.02. The molecule has 0 aliphatic carbocycles. The van der Waals surface area contributed by atoms with E-state index < -0.39 is 0 Å². The fourth-order valence-electron chi connectivity index (χ4n) is 2.43. The lowest BCUT2D eigenvalue weighted by Crippen LogP contribution is -2.38. The monoisotopic (exact) mass is 279 g/mol. The largest absolute Gasteiger partial charge is 0.466 e. The number of rotatable bonds is 4. The number of H-pyrrole nitrogens is 1. The van der Waals surface area contributed by atoms with Crippen molar-refractivity contribution in [2.75, 3.05) is 24.6 Å². The minimum absolute atomic E-state index is 0.0288. The first-order valence-corrected chi connectivity index (χ1v) is 7.15. The van der Waals surface area contributed by atoms with Crippen molar-refractivity contribution in [1.29, 1.82) is 0 Å². The summed E-state index contributed by atoms with van der Waals surface area (Å²) in [5.41, 5.74) is -0.126. The zero-order valence-electron chi connectivity index (χ0n) is 12.0. The van der Waals surface area contributed by atoms with Crippen LogP contribution in [-0.4, -0.2) is 35.6 Å². The van der Waals surface area contributed by atoms with Crippen molar-refractivity contribution in [2.45, 2.75) is 33.1 Å². The number of piperidine rings is 1. The Kier molecular flexibility index (Phi) is 4.76. The molecule has 0 radical (unpaired) electrons. The molecule has 0 amide bonds. The molecule has 1 aromatic heterocycles. The van der Waals surface area contributed by atoms with Gasteiger partial charge < -0.3 is 14.6 Å². The van der Waals surface area contributed by atoms with Gasteiger partial charge in [-0.2, -0.15) is 0 Å². The molecule has 2 rings (SSSR count). The molecule has 1 aliphatic rings. The highest BCUT2D eigenvalue weighted by molar-refractivity contribution is 5.72. The summed E-state index contributed by atoms with van der Waals surface area (Å²) in [6.07, 6.45) is 2.19. The number of carbonyl (C=O) groups is 1. The minimum Gasteiger partial charge on any atom is -0.466 e. The van der Waals surface area contributed by atoms with Crippen LogP contribution >= 0.6 is 0 Å². The topological polar surface area (TPSA) is 75.3 Å². The van der Waals surface area contributed by atoms with Crippen molar-refractivity contribution in [3.05, 3.63) is 22.2 Å². The van der Waals surface area contributed by atoms with Crippen LogP contribution in [0.5, 0.6) is 0 Å². The zero-order chi connectivity index (χ0) is 14.5. The van der Waals surface area contributed by atoms with Gasteiger partial charge in [0.05, 0.1) is 12.5 Å². The molecule has 1 fully saturated rings. The summed E-state index contributed by atoms with van der Waals surface area (Å²) in [7, 11) is 0. The fourth-order valence-corrected chi connectivity index (χ4v) is 2.43. The van der Waals surface area contributed by atoms with Crippen LogP contribution in [0.4, 0.5) is 5.82 Å². The number of anilines is 1. The fraction of sp³-hybridized carbons (Fsp3) is 0.643. The van der Waals surface area contributed by atoms with Crippen molar-refractivity contribution in [2.24, 2.45) is 5.92 Å². The number of esters is 1. The van der Waals surface area contributed by atoms with Crippen molar-refractivity contribution in [3.8, 4) is 0 Å². The van der Waals surface area contributed by atoms with E-state index in [1.807, 2.05) is 13.8 Å². The summed E-state index contributed by atoms with van der Waals surface area (Å²) in [4.78, 5) is 32.5. The molecule has 1 saturated heterocycles. The SMILES string of the molecule is CCOC(=O)C1CCN(c2cc(=O)[nH]c(CC)n2)CC1. The Morgan fingerprint density at radius 1 is 1.45 bits per heavy atom. The summed E-state index contributed by atoms with van der Waals surface area (Å²) in [5.74, 6) is 1.26. The zero-order valence-corrected chi connectivity index (χ0v) is 12.0. The van der Waals surface area contributed by atoms with E-state index >= 15 is 0 Å². The maximum Gasteiger partial charge on any atom is 0.309 e. The van der Waals surface area contributed by atoms with E-state index in [-0.39, 0.29) is 17.4 Å². The Labute approximate surface area is 118 Å². The second kappa shape index (κ2) is 6.54. The minimum atomic E-state index is -0.126. The maximum atomic E-state index is 11.7. The van der Waals surface area contributed by atoms with Gasteiger partial charge in [-0.3, -0.25) is 9.59 Å². The van der Waals surface area contributed by atoms with E-state index in [0.29, 0.717) is 24.7 Å². The van der Waals surface area contributed by atoms with Gasteiger partial charge in [0, 0.05) is 25.6 Å². The van der Waals surface area contributed by atoms with Crippen LogP contribution in [0.2, 0.25) is 0 Å². The Morgan fingerprint density at radius 2 is 2.15 bits per heavy atom. The molecule has 0 spiro atoms. The van der Waals surface area contributed by atoms with Gasteiger partial charge >= 0.3 is 5.97 Å². The molecule has 0 aromatic carbocycles. The van der Waals surface area contributed by atoms with E-state index in [0.717, 1.165) is 25.9 Å². The van der Waals surface area contributed by atoms with Gasteiger partial charge in [-0.25, -0.2) is 4.98 Å². The lowest BCUT2D eigenvalue weighted by molar-refractivity contribution is -0.148.